The summed E-state index contributed by atoms with van der Waals surface area (Å²) >= 11 is 0. The van der Waals surface area contributed by atoms with Gasteiger partial charge in [0.05, 0.1) is 21.1 Å². The Balaban J connectivity index is 4.22. The second kappa shape index (κ2) is 4.36. The van der Waals surface area contributed by atoms with Crippen LogP contribution in [-0.4, -0.2) is 64.1 Å². The Morgan fingerprint density at radius 1 is 1.38 bits per heavy atom. The van der Waals surface area contributed by atoms with Gasteiger partial charge in [-0.3, -0.25) is 4.55 Å². The van der Waals surface area contributed by atoms with Gasteiger partial charge in [-0.2, -0.15) is 8.42 Å². The largest absolute Gasteiger partial charge is 0.374 e. The molecular formula is C7H18NO4S+. The molecular weight excluding hydrogens is 194 g/mol. The lowest BCUT2D eigenvalue weighted by Crippen LogP contribution is -2.44. The molecule has 0 bridgehead atoms. The van der Waals surface area contributed by atoms with Crippen molar-refractivity contribution in [2.45, 2.75) is 6.10 Å². The van der Waals surface area contributed by atoms with Crippen molar-refractivity contribution in [1.82, 2.24) is 0 Å². The van der Waals surface area contributed by atoms with Crippen LogP contribution in [0.3, 0.4) is 0 Å². The van der Waals surface area contributed by atoms with E-state index in [4.69, 9.17) is 9.29 Å². The highest BCUT2D eigenvalue weighted by molar-refractivity contribution is 7.85. The van der Waals surface area contributed by atoms with Gasteiger partial charge in [0, 0.05) is 7.11 Å². The fraction of sp³-hybridized carbons (Fsp3) is 1.00. The zero-order chi connectivity index (χ0) is 10.7. The summed E-state index contributed by atoms with van der Waals surface area (Å²) in [5.41, 5.74) is 0. The molecule has 0 saturated heterocycles. The summed E-state index contributed by atoms with van der Waals surface area (Å²) < 4.78 is 35.3. The molecule has 5 nitrogen and oxygen atoms in total. The number of hydrogen-bond donors (Lipinski definition) is 1. The number of hydrogen-bond acceptors (Lipinski definition) is 3. The van der Waals surface area contributed by atoms with E-state index in [1.807, 2.05) is 21.1 Å². The van der Waals surface area contributed by atoms with Crippen LogP contribution in [0.25, 0.3) is 0 Å². The summed E-state index contributed by atoms with van der Waals surface area (Å²) in [6, 6.07) is 0. The topological polar surface area (TPSA) is 63.6 Å². The smallest absolute Gasteiger partial charge is 0.267 e. The first-order valence-corrected chi connectivity index (χ1v) is 5.53. The van der Waals surface area contributed by atoms with Gasteiger partial charge in [-0.15, -0.1) is 0 Å². The minimum absolute atomic E-state index is 0.348. The molecule has 13 heavy (non-hydrogen) atoms. The second-order valence-corrected chi connectivity index (χ2v) is 5.58. The van der Waals surface area contributed by atoms with E-state index in [0.29, 0.717) is 11.0 Å². The molecule has 0 amide bonds. The van der Waals surface area contributed by atoms with Crippen molar-refractivity contribution in [3.05, 3.63) is 0 Å². The Morgan fingerprint density at radius 2 is 1.85 bits per heavy atom. The lowest BCUT2D eigenvalue weighted by atomic mass is 10.3. The second-order valence-electron chi connectivity index (χ2n) is 4.08. The molecule has 0 aliphatic rings. The van der Waals surface area contributed by atoms with E-state index >= 15 is 0 Å². The van der Waals surface area contributed by atoms with Gasteiger partial charge in [0.1, 0.15) is 18.4 Å². The molecule has 0 aromatic rings. The van der Waals surface area contributed by atoms with Crippen molar-refractivity contribution >= 4 is 10.1 Å². The van der Waals surface area contributed by atoms with E-state index in [1.54, 1.807) is 0 Å². The monoisotopic (exact) mass is 212 g/mol. The molecule has 0 spiro atoms. The summed E-state index contributed by atoms with van der Waals surface area (Å²) in [6.07, 6.45) is -0.463. The molecule has 0 aromatic carbocycles. The predicted octanol–water partition coefficient (Wildman–Crippen LogP) is -0.405. The van der Waals surface area contributed by atoms with E-state index in [1.165, 1.54) is 7.11 Å². The maximum atomic E-state index is 10.6. The van der Waals surface area contributed by atoms with Crippen molar-refractivity contribution in [3.8, 4) is 0 Å². The quantitative estimate of drug-likeness (QED) is 0.497. The number of rotatable bonds is 5. The van der Waals surface area contributed by atoms with Gasteiger partial charge in [-0.25, -0.2) is 0 Å². The van der Waals surface area contributed by atoms with Gasteiger partial charge >= 0.3 is 0 Å². The normalized spacial score (nSPS) is 15.8. The molecule has 0 aliphatic heterocycles. The van der Waals surface area contributed by atoms with Crippen LogP contribution in [0.2, 0.25) is 0 Å². The first kappa shape index (κ1) is 12.8. The van der Waals surface area contributed by atoms with Crippen LogP contribution in [0.4, 0.5) is 0 Å². The lowest BCUT2D eigenvalue weighted by Gasteiger charge is -2.27. The predicted molar refractivity (Wildman–Crippen MR) is 50.1 cm³/mol. The molecule has 1 N–H and O–H groups in total. The fourth-order valence-corrected chi connectivity index (χ4v) is 1.75. The SMILES string of the molecule is COC(C[N+](C)(C)C)CS(=O)(=O)O. The van der Waals surface area contributed by atoms with Crippen LogP contribution in [-0.2, 0) is 14.9 Å². The summed E-state index contributed by atoms with van der Waals surface area (Å²) in [6.45, 7) is 0.538. The number of methoxy groups -OCH3 is 1. The molecule has 0 rings (SSSR count). The summed E-state index contributed by atoms with van der Waals surface area (Å²) in [5, 5.41) is 0. The van der Waals surface area contributed by atoms with Crippen LogP contribution in [0.5, 0.6) is 0 Å². The molecule has 0 fully saturated rings. The van der Waals surface area contributed by atoms with E-state index < -0.39 is 16.2 Å². The summed E-state index contributed by atoms with van der Waals surface area (Å²) in [4.78, 5) is 0. The first-order valence-electron chi connectivity index (χ1n) is 3.92. The molecule has 80 valence electrons. The van der Waals surface area contributed by atoms with Crippen LogP contribution in [0.15, 0.2) is 0 Å². The van der Waals surface area contributed by atoms with Crippen LogP contribution < -0.4 is 0 Å². The van der Waals surface area contributed by atoms with Gasteiger partial charge < -0.3 is 9.22 Å². The number of quaternary nitrogens is 1. The zero-order valence-electron chi connectivity index (χ0n) is 8.52. The van der Waals surface area contributed by atoms with Gasteiger partial charge in [-0.05, 0) is 0 Å². The third kappa shape index (κ3) is 8.17. The zero-order valence-corrected chi connectivity index (χ0v) is 9.34. The van der Waals surface area contributed by atoms with Gasteiger partial charge in [0.25, 0.3) is 10.1 Å². The highest BCUT2D eigenvalue weighted by Crippen LogP contribution is 2.01. The Morgan fingerprint density at radius 3 is 2.08 bits per heavy atom. The third-order valence-electron chi connectivity index (χ3n) is 1.48. The molecule has 0 aliphatic carbocycles. The Labute approximate surface area is 79.6 Å². The maximum Gasteiger partial charge on any atom is 0.267 e. The minimum Gasteiger partial charge on any atom is -0.374 e. The van der Waals surface area contributed by atoms with Gasteiger partial charge in [0.2, 0.25) is 0 Å². The van der Waals surface area contributed by atoms with Crippen molar-refractivity contribution in [2.75, 3.05) is 40.6 Å². The number of ether oxygens (including phenoxy) is 1. The van der Waals surface area contributed by atoms with Crippen LogP contribution in [0, 0.1) is 0 Å². The van der Waals surface area contributed by atoms with Crippen molar-refractivity contribution < 1.29 is 22.2 Å². The summed E-state index contributed by atoms with van der Waals surface area (Å²) in [5.74, 6) is -0.348. The van der Waals surface area contributed by atoms with Gasteiger partial charge in [-0.1, -0.05) is 0 Å². The molecule has 0 saturated carbocycles. The molecule has 1 unspecified atom stereocenters. The number of likely N-dealkylation sites (N-methyl/N-ethyl adjacent to an activating group) is 1. The standard InChI is InChI=1S/C7H17NO4S/c1-8(2,3)5-7(12-4)6-13(9,10)11/h7H,5-6H2,1-4H3/p+1. The van der Waals surface area contributed by atoms with Crippen molar-refractivity contribution in [2.24, 2.45) is 0 Å². The molecule has 0 radical (unpaired) electrons. The third-order valence-corrected chi connectivity index (χ3v) is 2.27. The van der Waals surface area contributed by atoms with E-state index in [0.717, 1.165) is 0 Å². The van der Waals surface area contributed by atoms with E-state index in [-0.39, 0.29) is 5.75 Å². The Hall–Kier alpha value is -0.170. The molecule has 0 heterocycles. The molecule has 6 heteroatoms. The van der Waals surface area contributed by atoms with Crippen molar-refractivity contribution in [1.29, 1.82) is 0 Å². The Kier molecular flexibility index (Phi) is 4.31. The maximum absolute atomic E-state index is 10.6. The average Bonchev–Trinajstić information content (AvgIpc) is 1.79. The fourth-order valence-electron chi connectivity index (χ4n) is 1.04. The lowest BCUT2D eigenvalue weighted by molar-refractivity contribution is -0.873. The Bertz CT molecular complexity index is 242. The van der Waals surface area contributed by atoms with Crippen molar-refractivity contribution in [3.63, 3.8) is 0 Å². The first-order chi connectivity index (χ1) is 5.64. The average molecular weight is 212 g/mol. The van der Waals surface area contributed by atoms with E-state index in [9.17, 15) is 8.42 Å². The van der Waals surface area contributed by atoms with Crippen LogP contribution in [0.1, 0.15) is 0 Å². The highest BCUT2D eigenvalue weighted by atomic mass is 32.2. The molecule has 0 aromatic heterocycles. The highest BCUT2D eigenvalue weighted by Gasteiger charge is 2.22. The molecule has 1 atom stereocenters. The number of nitrogens with zero attached hydrogens (tertiary/aromatic N) is 1. The van der Waals surface area contributed by atoms with Gasteiger partial charge in [0.15, 0.2) is 0 Å². The summed E-state index contributed by atoms with van der Waals surface area (Å²) in [7, 11) is 3.27. The minimum atomic E-state index is -3.94. The van der Waals surface area contributed by atoms with Crippen LogP contribution >= 0.6 is 0 Å². The van der Waals surface area contributed by atoms with E-state index in [2.05, 4.69) is 0 Å².